The molecule has 1 aliphatic rings. The molecular formula is C23H29N7O2. The second-order valence-electron chi connectivity index (χ2n) is 8.43. The van der Waals surface area contributed by atoms with Gasteiger partial charge in [0.25, 0.3) is 0 Å². The minimum atomic E-state index is 0.213. The molecule has 1 N–H and O–H groups in total. The fourth-order valence-electron chi connectivity index (χ4n) is 4.33. The van der Waals surface area contributed by atoms with Gasteiger partial charge in [-0.1, -0.05) is 0 Å². The van der Waals surface area contributed by atoms with Crippen LogP contribution in [0.5, 0.6) is 0 Å². The topological polar surface area (TPSA) is 91.4 Å². The van der Waals surface area contributed by atoms with Crippen LogP contribution >= 0.6 is 0 Å². The number of rotatable bonds is 7. The van der Waals surface area contributed by atoms with Gasteiger partial charge in [-0.05, 0) is 45.7 Å². The minimum Gasteiger partial charge on any atom is -0.381 e. The maximum Gasteiger partial charge on any atom is 0.241 e. The van der Waals surface area contributed by atoms with Crippen LogP contribution in [-0.2, 0) is 9.47 Å². The summed E-state index contributed by atoms with van der Waals surface area (Å²) in [5.74, 6) is 1.58. The van der Waals surface area contributed by atoms with Crippen molar-refractivity contribution in [1.29, 1.82) is 0 Å². The Morgan fingerprint density at radius 3 is 2.84 bits per heavy atom. The Balaban J connectivity index is 1.43. The molecule has 1 fully saturated rings. The highest BCUT2D eigenvalue weighted by molar-refractivity contribution is 5.85. The van der Waals surface area contributed by atoms with Gasteiger partial charge in [-0.25, -0.2) is 19.5 Å². The molecule has 9 nitrogen and oxygen atoms in total. The van der Waals surface area contributed by atoms with Gasteiger partial charge in [0.15, 0.2) is 5.65 Å². The van der Waals surface area contributed by atoms with E-state index < -0.39 is 0 Å². The predicted octanol–water partition coefficient (Wildman–Crippen LogP) is 3.64. The Hall–Kier alpha value is -3.04. The van der Waals surface area contributed by atoms with E-state index in [2.05, 4.69) is 44.0 Å². The molecule has 168 valence electrons. The van der Waals surface area contributed by atoms with Crippen molar-refractivity contribution in [3.63, 3.8) is 0 Å². The molecule has 0 aliphatic carbocycles. The molecule has 0 aromatic carbocycles. The number of hydrogen-bond acceptors (Lipinski definition) is 7. The van der Waals surface area contributed by atoms with Crippen LogP contribution in [0.15, 0.2) is 30.7 Å². The van der Waals surface area contributed by atoms with Crippen molar-refractivity contribution in [2.24, 2.45) is 0 Å². The molecular weight excluding hydrogens is 406 g/mol. The SMILES string of the molecule is Cc1nc2ncc(-c3ccn4nc(NCCOC(C)C)ncc34)cc2n1C1CCOCC1. The van der Waals surface area contributed by atoms with E-state index in [1.807, 2.05) is 37.0 Å². The highest BCUT2D eigenvalue weighted by Crippen LogP contribution is 2.31. The highest BCUT2D eigenvalue weighted by Gasteiger charge is 2.21. The number of pyridine rings is 1. The predicted molar refractivity (Wildman–Crippen MR) is 123 cm³/mol. The fourth-order valence-corrected chi connectivity index (χ4v) is 4.33. The van der Waals surface area contributed by atoms with Crippen molar-refractivity contribution in [1.82, 2.24) is 29.1 Å². The van der Waals surface area contributed by atoms with E-state index in [1.165, 1.54) is 0 Å². The van der Waals surface area contributed by atoms with Crippen molar-refractivity contribution in [3.8, 4) is 11.1 Å². The molecule has 4 aromatic rings. The van der Waals surface area contributed by atoms with Crippen LogP contribution in [-0.4, -0.2) is 61.6 Å². The molecule has 32 heavy (non-hydrogen) atoms. The van der Waals surface area contributed by atoms with E-state index in [9.17, 15) is 0 Å². The van der Waals surface area contributed by atoms with Crippen LogP contribution in [0.25, 0.3) is 27.8 Å². The van der Waals surface area contributed by atoms with Gasteiger partial charge in [0.1, 0.15) is 5.82 Å². The first-order valence-electron chi connectivity index (χ1n) is 11.2. The Morgan fingerprint density at radius 2 is 2.03 bits per heavy atom. The molecule has 0 spiro atoms. The van der Waals surface area contributed by atoms with E-state index in [-0.39, 0.29) is 6.10 Å². The standard InChI is InChI=1S/C23H29N7O2/c1-15(2)32-11-7-24-23-26-14-21-19(4-8-29(21)28-23)17-12-20-22(25-13-17)27-16(3)30(20)18-5-9-31-10-6-18/h4,8,12-15,18H,5-7,9-11H2,1-3H3,(H,24,28). The van der Waals surface area contributed by atoms with E-state index in [0.29, 0.717) is 25.1 Å². The van der Waals surface area contributed by atoms with Crippen molar-refractivity contribution in [3.05, 3.63) is 36.5 Å². The summed E-state index contributed by atoms with van der Waals surface area (Å²) in [6.07, 6.45) is 7.89. The summed E-state index contributed by atoms with van der Waals surface area (Å²) in [4.78, 5) is 13.8. The largest absolute Gasteiger partial charge is 0.381 e. The zero-order chi connectivity index (χ0) is 22.1. The van der Waals surface area contributed by atoms with Crippen LogP contribution in [0.2, 0.25) is 0 Å². The van der Waals surface area contributed by atoms with Crippen molar-refractivity contribution in [2.75, 3.05) is 31.7 Å². The van der Waals surface area contributed by atoms with Crippen LogP contribution < -0.4 is 5.32 Å². The molecule has 4 aromatic heterocycles. The maximum absolute atomic E-state index is 5.56. The Kier molecular flexibility index (Phi) is 5.75. The van der Waals surface area contributed by atoms with Gasteiger partial charge in [-0.15, -0.1) is 5.10 Å². The van der Waals surface area contributed by atoms with E-state index in [0.717, 1.165) is 59.7 Å². The number of nitrogens with zero attached hydrogens (tertiary/aromatic N) is 6. The molecule has 5 rings (SSSR count). The molecule has 0 atom stereocenters. The zero-order valence-corrected chi connectivity index (χ0v) is 18.8. The molecule has 0 saturated carbocycles. The second kappa shape index (κ2) is 8.84. The third kappa shape index (κ3) is 4.05. The molecule has 5 heterocycles. The van der Waals surface area contributed by atoms with Gasteiger partial charge in [0.2, 0.25) is 5.95 Å². The Labute approximate surface area is 186 Å². The average molecular weight is 436 g/mol. The lowest BCUT2D eigenvalue weighted by Crippen LogP contribution is -2.20. The van der Waals surface area contributed by atoms with Gasteiger partial charge in [-0.2, -0.15) is 0 Å². The Bertz CT molecular complexity index is 1220. The maximum atomic E-state index is 5.56. The summed E-state index contributed by atoms with van der Waals surface area (Å²) in [7, 11) is 0. The smallest absolute Gasteiger partial charge is 0.241 e. The molecule has 1 saturated heterocycles. The van der Waals surface area contributed by atoms with E-state index in [1.54, 1.807) is 0 Å². The minimum absolute atomic E-state index is 0.213. The summed E-state index contributed by atoms with van der Waals surface area (Å²) >= 11 is 0. The summed E-state index contributed by atoms with van der Waals surface area (Å²) < 4.78 is 15.3. The fraction of sp³-hybridized carbons (Fsp3) is 0.478. The lowest BCUT2D eigenvalue weighted by molar-refractivity contribution is 0.0701. The Morgan fingerprint density at radius 1 is 1.19 bits per heavy atom. The number of aromatic nitrogens is 6. The first-order chi connectivity index (χ1) is 15.6. The number of fused-ring (bicyclic) bond motifs is 2. The molecule has 0 amide bonds. The average Bonchev–Trinajstić information content (AvgIpc) is 3.36. The number of hydrogen-bond donors (Lipinski definition) is 1. The normalized spacial score (nSPS) is 15.2. The molecule has 0 bridgehead atoms. The van der Waals surface area contributed by atoms with Gasteiger partial charge < -0.3 is 19.4 Å². The van der Waals surface area contributed by atoms with Crippen molar-refractivity contribution in [2.45, 2.75) is 45.8 Å². The molecule has 9 heteroatoms. The third-order valence-electron chi connectivity index (χ3n) is 5.84. The van der Waals surface area contributed by atoms with Crippen LogP contribution in [0.3, 0.4) is 0 Å². The summed E-state index contributed by atoms with van der Waals surface area (Å²) in [5.41, 5.74) is 4.86. The van der Waals surface area contributed by atoms with Crippen molar-refractivity contribution < 1.29 is 9.47 Å². The summed E-state index contributed by atoms with van der Waals surface area (Å²) in [5, 5.41) is 7.79. The number of aryl methyl sites for hydroxylation is 1. The molecule has 0 unspecified atom stereocenters. The first kappa shape index (κ1) is 20.8. The van der Waals surface area contributed by atoms with Crippen LogP contribution in [0.4, 0.5) is 5.95 Å². The zero-order valence-electron chi connectivity index (χ0n) is 18.8. The number of anilines is 1. The van der Waals surface area contributed by atoms with Crippen LogP contribution in [0, 0.1) is 6.92 Å². The lowest BCUT2D eigenvalue weighted by atomic mass is 10.1. The highest BCUT2D eigenvalue weighted by atomic mass is 16.5. The van der Waals surface area contributed by atoms with E-state index in [4.69, 9.17) is 14.5 Å². The lowest BCUT2D eigenvalue weighted by Gasteiger charge is -2.25. The third-order valence-corrected chi connectivity index (χ3v) is 5.84. The van der Waals surface area contributed by atoms with Gasteiger partial charge in [-0.3, -0.25) is 0 Å². The number of nitrogens with one attached hydrogen (secondary N) is 1. The molecule has 1 aliphatic heterocycles. The quantitative estimate of drug-likeness (QED) is 0.443. The molecule has 0 radical (unpaired) electrons. The van der Waals surface area contributed by atoms with Gasteiger partial charge in [0.05, 0.1) is 29.9 Å². The summed E-state index contributed by atoms with van der Waals surface area (Å²) in [6.45, 7) is 8.95. The van der Waals surface area contributed by atoms with Gasteiger partial charge >= 0.3 is 0 Å². The first-order valence-corrected chi connectivity index (χ1v) is 11.2. The van der Waals surface area contributed by atoms with Crippen molar-refractivity contribution >= 4 is 22.6 Å². The summed E-state index contributed by atoms with van der Waals surface area (Å²) in [6, 6.07) is 4.64. The monoisotopic (exact) mass is 435 g/mol. The second-order valence-corrected chi connectivity index (χ2v) is 8.43. The van der Waals surface area contributed by atoms with Crippen LogP contribution in [0.1, 0.15) is 38.6 Å². The number of ether oxygens (including phenoxy) is 2. The van der Waals surface area contributed by atoms with E-state index >= 15 is 0 Å². The number of imidazole rings is 1. The van der Waals surface area contributed by atoms with Gasteiger partial charge in [0, 0.05) is 49.3 Å².